The van der Waals surface area contributed by atoms with Crippen LogP contribution in [0.4, 0.5) is 11.4 Å². The summed E-state index contributed by atoms with van der Waals surface area (Å²) >= 11 is 0. The van der Waals surface area contributed by atoms with Gasteiger partial charge in [-0.05, 0) is 46.7 Å². The van der Waals surface area contributed by atoms with E-state index in [0.29, 0.717) is 5.69 Å². The fraction of sp³-hybridized carbons (Fsp3) is 0.115. The smallest absolute Gasteiger partial charge is 0.248 e. The van der Waals surface area contributed by atoms with Crippen LogP contribution in [0.5, 0.6) is 0 Å². The first kappa shape index (κ1) is 20.2. The Hall–Kier alpha value is -3.59. The van der Waals surface area contributed by atoms with E-state index in [1.54, 1.807) is 6.08 Å². The molecule has 0 fully saturated rings. The minimum Gasteiger partial charge on any atom is -0.398 e. The van der Waals surface area contributed by atoms with E-state index in [1.165, 1.54) is 6.08 Å². The number of allylic oxidation sites excluding steroid dienone is 1. The van der Waals surface area contributed by atoms with Crippen LogP contribution in [0.1, 0.15) is 20.8 Å². The minimum atomic E-state index is -0.159. The molecule has 0 aromatic heterocycles. The van der Waals surface area contributed by atoms with Gasteiger partial charge in [0.25, 0.3) is 0 Å². The van der Waals surface area contributed by atoms with Gasteiger partial charge in [-0.15, -0.1) is 0 Å². The van der Waals surface area contributed by atoms with Gasteiger partial charge in [0, 0.05) is 22.5 Å². The van der Waals surface area contributed by atoms with Crippen LogP contribution in [0.15, 0.2) is 84.9 Å². The van der Waals surface area contributed by atoms with Crippen molar-refractivity contribution < 1.29 is 4.79 Å². The van der Waals surface area contributed by atoms with Gasteiger partial charge in [-0.3, -0.25) is 4.79 Å². The topological polar surface area (TPSA) is 55.1 Å². The Balaban J connectivity index is 0.00000117. The summed E-state index contributed by atoms with van der Waals surface area (Å²) < 4.78 is 0. The molecule has 4 aromatic carbocycles. The number of benzene rings is 4. The molecule has 0 aliphatic heterocycles. The van der Waals surface area contributed by atoms with Crippen molar-refractivity contribution in [1.29, 1.82) is 0 Å². The van der Waals surface area contributed by atoms with Crippen LogP contribution in [0.2, 0.25) is 0 Å². The third kappa shape index (κ3) is 3.99. The standard InChI is InChI=1S/C24H20N2O.C2H6/c1-2-7-22(27)26-21-15-13-17-9-4-6-11-19(17)24(21)23-18-10-5-3-8-16(18)12-14-20(23)25;1-2/h2-15H,25H2,1H3,(H,26,27);1-2H3/b7-2+;. The molecule has 3 nitrogen and oxygen atoms in total. The lowest BCUT2D eigenvalue weighted by atomic mass is 9.91. The lowest BCUT2D eigenvalue weighted by Crippen LogP contribution is -2.09. The highest BCUT2D eigenvalue weighted by Gasteiger charge is 2.16. The van der Waals surface area contributed by atoms with Gasteiger partial charge < -0.3 is 11.1 Å². The van der Waals surface area contributed by atoms with E-state index < -0.39 is 0 Å². The number of nitrogen functional groups attached to an aromatic ring is 1. The Kier molecular flexibility index (Phi) is 6.30. The molecule has 3 N–H and O–H groups in total. The zero-order valence-corrected chi connectivity index (χ0v) is 17.1. The molecule has 0 radical (unpaired) electrons. The zero-order chi connectivity index (χ0) is 20.8. The molecule has 0 saturated heterocycles. The van der Waals surface area contributed by atoms with E-state index in [4.69, 9.17) is 5.73 Å². The maximum absolute atomic E-state index is 12.3. The van der Waals surface area contributed by atoms with Crippen LogP contribution in [-0.2, 0) is 4.79 Å². The normalized spacial score (nSPS) is 10.7. The quantitative estimate of drug-likeness (QED) is 0.303. The van der Waals surface area contributed by atoms with Crippen LogP contribution in [0, 0.1) is 0 Å². The van der Waals surface area contributed by atoms with Gasteiger partial charge in [0.1, 0.15) is 0 Å². The lowest BCUT2D eigenvalue weighted by Gasteiger charge is -2.17. The van der Waals surface area contributed by atoms with Crippen molar-refractivity contribution in [3.8, 4) is 11.1 Å². The van der Waals surface area contributed by atoms with E-state index in [0.717, 1.165) is 38.4 Å². The second kappa shape index (κ2) is 9.07. The molecular formula is C26H26N2O. The predicted octanol–water partition coefficient (Wildman–Crippen LogP) is 6.78. The molecule has 0 heterocycles. The monoisotopic (exact) mass is 382 g/mol. The van der Waals surface area contributed by atoms with Crippen molar-refractivity contribution in [2.75, 3.05) is 11.1 Å². The molecule has 29 heavy (non-hydrogen) atoms. The Bertz CT molecular complexity index is 1190. The molecule has 0 aliphatic rings. The van der Waals surface area contributed by atoms with E-state index >= 15 is 0 Å². The number of rotatable bonds is 3. The van der Waals surface area contributed by atoms with Crippen molar-refractivity contribution >= 4 is 38.8 Å². The van der Waals surface area contributed by atoms with Crippen molar-refractivity contribution in [2.24, 2.45) is 0 Å². The molecule has 4 rings (SSSR count). The van der Waals surface area contributed by atoms with Gasteiger partial charge in [-0.25, -0.2) is 0 Å². The van der Waals surface area contributed by atoms with Gasteiger partial charge in [0.2, 0.25) is 5.91 Å². The van der Waals surface area contributed by atoms with Crippen molar-refractivity contribution in [3.05, 3.63) is 84.9 Å². The molecule has 146 valence electrons. The summed E-state index contributed by atoms with van der Waals surface area (Å²) in [5.74, 6) is -0.159. The van der Waals surface area contributed by atoms with Crippen molar-refractivity contribution in [2.45, 2.75) is 20.8 Å². The maximum Gasteiger partial charge on any atom is 0.248 e. The second-order valence-corrected chi connectivity index (χ2v) is 6.45. The molecule has 0 unspecified atom stereocenters. The first-order chi connectivity index (χ1) is 14.2. The summed E-state index contributed by atoms with van der Waals surface area (Å²) in [6.07, 6.45) is 3.24. The summed E-state index contributed by atoms with van der Waals surface area (Å²) in [5, 5.41) is 7.34. The highest BCUT2D eigenvalue weighted by atomic mass is 16.1. The fourth-order valence-corrected chi connectivity index (χ4v) is 3.54. The average molecular weight is 383 g/mol. The van der Waals surface area contributed by atoms with E-state index in [-0.39, 0.29) is 5.91 Å². The highest BCUT2D eigenvalue weighted by molar-refractivity contribution is 6.15. The van der Waals surface area contributed by atoms with Crippen LogP contribution >= 0.6 is 0 Å². The maximum atomic E-state index is 12.3. The second-order valence-electron chi connectivity index (χ2n) is 6.45. The first-order valence-electron chi connectivity index (χ1n) is 9.92. The van der Waals surface area contributed by atoms with Crippen LogP contribution in [0.25, 0.3) is 32.7 Å². The minimum absolute atomic E-state index is 0.159. The third-order valence-corrected chi connectivity index (χ3v) is 4.72. The van der Waals surface area contributed by atoms with Crippen molar-refractivity contribution in [3.63, 3.8) is 0 Å². The molecule has 4 aromatic rings. The molecule has 0 atom stereocenters. The highest BCUT2D eigenvalue weighted by Crippen LogP contribution is 2.42. The van der Waals surface area contributed by atoms with Gasteiger partial charge in [-0.2, -0.15) is 0 Å². The Labute approximate surface area is 171 Å². The predicted molar refractivity (Wildman–Crippen MR) is 126 cm³/mol. The molecule has 0 saturated carbocycles. The summed E-state index contributed by atoms with van der Waals surface area (Å²) in [7, 11) is 0. The van der Waals surface area contributed by atoms with Crippen LogP contribution in [0.3, 0.4) is 0 Å². The number of anilines is 2. The number of carbonyl (C=O) groups excluding carboxylic acids is 1. The molecular weight excluding hydrogens is 356 g/mol. The number of nitrogens with one attached hydrogen (secondary N) is 1. The van der Waals surface area contributed by atoms with Gasteiger partial charge >= 0.3 is 0 Å². The zero-order valence-electron chi connectivity index (χ0n) is 17.1. The number of hydrogen-bond donors (Lipinski definition) is 2. The number of nitrogens with two attached hydrogens (primary N) is 1. The van der Waals surface area contributed by atoms with Crippen molar-refractivity contribution in [1.82, 2.24) is 0 Å². The Morgan fingerprint density at radius 2 is 1.34 bits per heavy atom. The van der Waals surface area contributed by atoms with Crippen LogP contribution < -0.4 is 11.1 Å². The first-order valence-corrected chi connectivity index (χ1v) is 9.92. The summed E-state index contributed by atoms with van der Waals surface area (Å²) in [5.41, 5.74) is 9.77. The van der Waals surface area contributed by atoms with Crippen LogP contribution in [-0.4, -0.2) is 5.91 Å². The number of hydrogen-bond acceptors (Lipinski definition) is 2. The number of amides is 1. The largest absolute Gasteiger partial charge is 0.398 e. The van der Waals surface area contributed by atoms with Gasteiger partial charge in [0.15, 0.2) is 0 Å². The molecule has 0 bridgehead atoms. The SMILES string of the molecule is C/C=C/C(=O)Nc1ccc2ccccc2c1-c1c(N)ccc2ccccc12.CC. The number of carbonyl (C=O) groups is 1. The number of fused-ring (bicyclic) bond motifs is 2. The lowest BCUT2D eigenvalue weighted by molar-refractivity contribution is -0.111. The summed E-state index contributed by atoms with van der Waals surface area (Å²) in [6, 6.07) is 24.2. The van der Waals surface area contributed by atoms with Gasteiger partial charge in [-0.1, -0.05) is 80.6 Å². The third-order valence-electron chi connectivity index (χ3n) is 4.72. The fourth-order valence-electron chi connectivity index (χ4n) is 3.54. The molecule has 1 amide bonds. The van der Waals surface area contributed by atoms with E-state index in [2.05, 4.69) is 29.6 Å². The molecule has 3 heteroatoms. The Morgan fingerprint density at radius 1 is 0.793 bits per heavy atom. The molecule has 0 aliphatic carbocycles. The van der Waals surface area contributed by atoms with E-state index in [9.17, 15) is 4.79 Å². The van der Waals surface area contributed by atoms with E-state index in [1.807, 2.05) is 69.3 Å². The average Bonchev–Trinajstić information content (AvgIpc) is 2.76. The summed E-state index contributed by atoms with van der Waals surface area (Å²) in [4.78, 5) is 12.3. The Morgan fingerprint density at radius 3 is 1.97 bits per heavy atom. The van der Waals surface area contributed by atoms with Gasteiger partial charge in [0.05, 0.1) is 0 Å². The summed E-state index contributed by atoms with van der Waals surface area (Å²) in [6.45, 7) is 5.82. The molecule has 0 spiro atoms.